The van der Waals surface area contributed by atoms with Gasteiger partial charge in [-0.05, 0) is 20.8 Å². The number of rotatable bonds is 7. The molecule has 0 heterocycles. The van der Waals surface area contributed by atoms with Gasteiger partial charge in [0, 0.05) is 0 Å². The van der Waals surface area contributed by atoms with Gasteiger partial charge in [0.2, 0.25) is 0 Å². The van der Waals surface area contributed by atoms with Crippen molar-refractivity contribution in [3.05, 3.63) is 11.4 Å². The number of amides is 1. The highest BCUT2D eigenvalue weighted by atomic mass is 16.5. The predicted octanol–water partition coefficient (Wildman–Crippen LogP) is 0.296. The molecule has 8 nitrogen and oxygen atoms in total. The summed E-state index contributed by atoms with van der Waals surface area (Å²) in [5, 5.41) is 8.93. The van der Waals surface area contributed by atoms with Gasteiger partial charge in [0.15, 0.2) is 17.8 Å². The third-order valence-electron chi connectivity index (χ3n) is 1.84. The number of hydrogen-bond donors (Lipinski definition) is 1. The number of nitrogens with zero attached hydrogens (tertiary/aromatic N) is 3. The molecule has 0 aromatic carbocycles. The molecule has 0 aliphatic heterocycles. The molecule has 0 aromatic rings. The number of aliphatic imine (C=N–C) groups is 2. The zero-order chi connectivity index (χ0) is 15.5. The average molecular weight is 280 g/mol. The molecular formula is C12H16N4O4. The first-order valence-corrected chi connectivity index (χ1v) is 5.78. The first-order valence-electron chi connectivity index (χ1n) is 5.78. The quantitative estimate of drug-likeness (QED) is 0.236. The van der Waals surface area contributed by atoms with Gasteiger partial charge in [-0.1, -0.05) is 0 Å². The Labute approximate surface area is 116 Å². The maximum Gasteiger partial charge on any atom is 0.352 e. The van der Waals surface area contributed by atoms with E-state index in [2.05, 4.69) is 9.98 Å². The summed E-state index contributed by atoms with van der Waals surface area (Å²) in [7, 11) is 0. The molecule has 0 saturated carbocycles. The van der Waals surface area contributed by atoms with Crippen LogP contribution in [0.2, 0.25) is 0 Å². The lowest BCUT2D eigenvalue weighted by Gasteiger charge is -2.02. The number of carbonyl (C=O) groups excluding carboxylic acids is 2. The Bertz CT molecular complexity index is 500. The van der Waals surface area contributed by atoms with Crippen molar-refractivity contribution < 1.29 is 19.1 Å². The summed E-state index contributed by atoms with van der Waals surface area (Å²) in [5.41, 5.74) is 4.22. The van der Waals surface area contributed by atoms with E-state index in [1.165, 1.54) is 6.92 Å². The number of ether oxygens (including phenoxy) is 2. The Kier molecular flexibility index (Phi) is 8.02. The molecular weight excluding hydrogens is 264 g/mol. The van der Waals surface area contributed by atoms with Gasteiger partial charge in [-0.3, -0.25) is 4.79 Å². The minimum atomic E-state index is -0.987. The lowest BCUT2D eigenvalue weighted by atomic mass is 10.3. The summed E-state index contributed by atoms with van der Waals surface area (Å²) >= 11 is 0. The molecule has 0 rings (SSSR count). The summed E-state index contributed by atoms with van der Waals surface area (Å²) in [6.45, 7) is 5.19. The van der Waals surface area contributed by atoms with E-state index in [1.54, 1.807) is 19.9 Å². The maximum absolute atomic E-state index is 11.4. The van der Waals surface area contributed by atoms with E-state index in [1.807, 2.05) is 0 Å². The SMILES string of the molecule is CCOC=N/C(C#N)=C(/N=C(C)C(=O)OCC)C(N)=O. The summed E-state index contributed by atoms with van der Waals surface area (Å²) in [6.07, 6.45) is 0.997. The molecule has 0 radical (unpaired) electrons. The largest absolute Gasteiger partial charge is 0.483 e. The molecule has 0 saturated heterocycles. The van der Waals surface area contributed by atoms with Gasteiger partial charge in [-0.25, -0.2) is 14.8 Å². The van der Waals surface area contributed by atoms with Crippen LogP contribution in [0.5, 0.6) is 0 Å². The normalized spacial score (nSPS) is 12.6. The Morgan fingerprint density at radius 3 is 2.45 bits per heavy atom. The van der Waals surface area contributed by atoms with Crippen LogP contribution in [0.15, 0.2) is 21.4 Å². The van der Waals surface area contributed by atoms with Crippen molar-refractivity contribution in [3.63, 3.8) is 0 Å². The van der Waals surface area contributed by atoms with Gasteiger partial charge in [0.05, 0.1) is 13.2 Å². The number of carbonyl (C=O) groups is 2. The van der Waals surface area contributed by atoms with E-state index in [0.29, 0.717) is 6.61 Å². The van der Waals surface area contributed by atoms with Gasteiger partial charge in [-0.15, -0.1) is 0 Å². The minimum absolute atomic E-state index is 0.111. The molecule has 0 aliphatic rings. The Morgan fingerprint density at radius 1 is 1.35 bits per heavy atom. The minimum Gasteiger partial charge on any atom is -0.483 e. The van der Waals surface area contributed by atoms with E-state index < -0.39 is 17.6 Å². The number of esters is 1. The van der Waals surface area contributed by atoms with Gasteiger partial charge >= 0.3 is 5.97 Å². The average Bonchev–Trinajstić information content (AvgIpc) is 2.41. The molecule has 0 fully saturated rings. The molecule has 1 amide bonds. The smallest absolute Gasteiger partial charge is 0.352 e. The van der Waals surface area contributed by atoms with Crippen LogP contribution in [0.1, 0.15) is 20.8 Å². The highest BCUT2D eigenvalue weighted by Crippen LogP contribution is 2.07. The van der Waals surface area contributed by atoms with Crippen LogP contribution < -0.4 is 5.73 Å². The van der Waals surface area contributed by atoms with Crippen molar-refractivity contribution in [2.75, 3.05) is 13.2 Å². The summed E-state index contributed by atoms with van der Waals surface area (Å²) < 4.78 is 9.52. The van der Waals surface area contributed by atoms with Crippen molar-refractivity contribution in [1.29, 1.82) is 5.26 Å². The lowest BCUT2D eigenvalue weighted by molar-refractivity contribution is -0.135. The molecule has 0 aromatic heterocycles. The summed E-state index contributed by atoms with van der Waals surface area (Å²) in [6, 6.07) is 1.66. The molecule has 0 aliphatic carbocycles. The Morgan fingerprint density at radius 2 is 2.00 bits per heavy atom. The Hall–Kier alpha value is -2.69. The van der Waals surface area contributed by atoms with Crippen LogP contribution in [0.25, 0.3) is 0 Å². The van der Waals surface area contributed by atoms with Crippen molar-refractivity contribution >= 4 is 24.0 Å². The van der Waals surface area contributed by atoms with Crippen LogP contribution in [-0.2, 0) is 19.1 Å². The fourth-order valence-electron chi connectivity index (χ4n) is 0.981. The monoisotopic (exact) mass is 280 g/mol. The van der Waals surface area contributed by atoms with Crippen LogP contribution in [0, 0.1) is 11.3 Å². The number of primary amides is 1. The first kappa shape index (κ1) is 17.3. The van der Waals surface area contributed by atoms with Crippen LogP contribution >= 0.6 is 0 Å². The highest BCUT2D eigenvalue weighted by molar-refractivity contribution is 6.36. The van der Waals surface area contributed by atoms with Crippen molar-refractivity contribution in [3.8, 4) is 6.07 Å². The van der Waals surface area contributed by atoms with E-state index in [9.17, 15) is 9.59 Å². The fraction of sp³-hybridized carbons (Fsp3) is 0.417. The molecule has 108 valence electrons. The number of nitrogens with two attached hydrogens (primary N) is 1. The third kappa shape index (κ3) is 5.77. The molecule has 20 heavy (non-hydrogen) atoms. The standard InChI is InChI=1S/C12H16N4O4/c1-4-19-7-15-9(6-13)10(11(14)17)16-8(3)12(18)20-5-2/h7H,4-5H2,1-3H3,(H2,14,17)/b10-9+,15-7?,16-8?. The van der Waals surface area contributed by atoms with Crippen molar-refractivity contribution in [2.24, 2.45) is 15.7 Å². The lowest BCUT2D eigenvalue weighted by Crippen LogP contribution is -2.19. The van der Waals surface area contributed by atoms with Crippen molar-refractivity contribution in [2.45, 2.75) is 20.8 Å². The fourth-order valence-corrected chi connectivity index (χ4v) is 0.981. The third-order valence-corrected chi connectivity index (χ3v) is 1.84. The van der Waals surface area contributed by atoms with Gasteiger partial charge in [-0.2, -0.15) is 5.26 Å². The van der Waals surface area contributed by atoms with Crippen LogP contribution in [0.3, 0.4) is 0 Å². The maximum atomic E-state index is 11.4. The van der Waals surface area contributed by atoms with Gasteiger partial charge in [0.25, 0.3) is 5.91 Å². The van der Waals surface area contributed by atoms with E-state index >= 15 is 0 Å². The van der Waals surface area contributed by atoms with E-state index in [-0.39, 0.29) is 18.0 Å². The van der Waals surface area contributed by atoms with Gasteiger partial charge in [0.1, 0.15) is 11.8 Å². The molecule has 8 heteroatoms. The second kappa shape index (κ2) is 9.27. The first-order chi connectivity index (χ1) is 9.47. The predicted molar refractivity (Wildman–Crippen MR) is 71.7 cm³/mol. The second-order valence-corrected chi connectivity index (χ2v) is 3.28. The zero-order valence-corrected chi connectivity index (χ0v) is 11.5. The molecule has 0 atom stereocenters. The van der Waals surface area contributed by atoms with E-state index in [4.69, 9.17) is 20.5 Å². The molecule has 0 bridgehead atoms. The topological polar surface area (TPSA) is 127 Å². The molecule has 0 unspecified atom stereocenters. The second-order valence-electron chi connectivity index (χ2n) is 3.28. The number of nitriles is 1. The number of hydrogen-bond acceptors (Lipinski definition) is 7. The van der Waals surface area contributed by atoms with Crippen LogP contribution in [0.4, 0.5) is 0 Å². The summed E-state index contributed by atoms with van der Waals surface area (Å²) in [4.78, 5) is 30.0. The molecule has 2 N–H and O–H groups in total. The van der Waals surface area contributed by atoms with E-state index in [0.717, 1.165) is 6.40 Å². The highest BCUT2D eigenvalue weighted by Gasteiger charge is 2.15. The summed E-state index contributed by atoms with van der Waals surface area (Å²) in [5.74, 6) is -1.70. The van der Waals surface area contributed by atoms with Crippen LogP contribution in [-0.4, -0.2) is 37.2 Å². The zero-order valence-electron chi connectivity index (χ0n) is 11.5. The molecule has 0 spiro atoms. The van der Waals surface area contributed by atoms with Gasteiger partial charge < -0.3 is 15.2 Å². The Balaban J connectivity index is 5.52. The number of allylic oxidation sites excluding steroid dienone is 1. The van der Waals surface area contributed by atoms with Crippen molar-refractivity contribution in [1.82, 2.24) is 0 Å².